The van der Waals surface area contributed by atoms with Crippen molar-refractivity contribution in [1.29, 1.82) is 0 Å². The Morgan fingerprint density at radius 2 is 1.73 bits per heavy atom. The van der Waals surface area contributed by atoms with Gasteiger partial charge in [-0.2, -0.15) is 0 Å². The third kappa shape index (κ3) is 5.18. The monoisotopic (exact) mass is 475 g/mol. The number of rotatable bonds is 6. The molecule has 166 valence electrons. The van der Waals surface area contributed by atoms with E-state index in [9.17, 15) is 9.59 Å². The molecule has 0 aliphatic rings. The molecule has 0 unspecified atom stereocenters. The van der Waals surface area contributed by atoms with Crippen LogP contribution in [0.25, 0.3) is 11.3 Å². The van der Waals surface area contributed by atoms with E-state index in [0.717, 1.165) is 22.4 Å². The van der Waals surface area contributed by atoms with Crippen LogP contribution < -0.4 is 5.32 Å². The van der Waals surface area contributed by atoms with Gasteiger partial charge in [0.05, 0.1) is 28.2 Å². The predicted octanol–water partition coefficient (Wildman–Crippen LogP) is 6.24. The Balaban J connectivity index is 1.61. The first-order valence-corrected chi connectivity index (χ1v) is 11.7. The molecule has 0 fully saturated rings. The molecule has 1 N–H and O–H groups in total. The van der Waals surface area contributed by atoms with Gasteiger partial charge in [0.15, 0.2) is 5.16 Å². The molecule has 3 aromatic carbocycles. The molecule has 0 saturated heterocycles. The van der Waals surface area contributed by atoms with Gasteiger partial charge in [0.1, 0.15) is 0 Å². The summed E-state index contributed by atoms with van der Waals surface area (Å²) in [7, 11) is 0. The second kappa shape index (κ2) is 10.1. The minimum atomic E-state index is -0.297. The number of anilines is 1. The van der Waals surface area contributed by atoms with Crippen LogP contribution in [0.3, 0.4) is 0 Å². The highest BCUT2D eigenvalue weighted by Crippen LogP contribution is 2.29. The quantitative estimate of drug-likeness (QED) is 0.335. The molecule has 0 radical (unpaired) electrons. The number of aromatic nitrogens is 2. The Morgan fingerprint density at radius 3 is 2.45 bits per heavy atom. The van der Waals surface area contributed by atoms with E-state index >= 15 is 0 Å². The lowest BCUT2D eigenvalue weighted by atomic mass is 10.1. The summed E-state index contributed by atoms with van der Waals surface area (Å²) in [5, 5.41) is 3.72. The van der Waals surface area contributed by atoms with Crippen molar-refractivity contribution in [2.45, 2.75) is 19.0 Å². The Morgan fingerprint density at radius 1 is 1.00 bits per heavy atom. The van der Waals surface area contributed by atoms with Crippen molar-refractivity contribution in [1.82, 2.24) is 9.55 Å². The number of thioether (sulfide) groups is 1. The lowest BCUT2D eigenvalue weighted by molar-refractivity contribution is -0.113. The van der Waals surface area contributed by atoms with E-state index in [2.05, 4.69) is 10.3 Å². The van der Waals surface area contributed by atoms with Crippen LogP contribution in [0.1, 0.15) is 21.5 Å². The van der Waals surface area contributed by atoms with Gasteiger partial charge in [-0.1, -0.05) is 83.5 Å². The van der Waals surface area contributed by atoms with E-state index in [4.69, 9.17) is 11.6 Å². The average Bonchev–Trinajstić information content (AvgIpc) is 3.24. The number of aryl methyl sites for hydroxylation is 2. The lowest BCUT2D eigenvalue weighted by Gasteiger charge is -2.12. The summed E-state index contributed by atoms with van der Waals surface area (Å²) in [5.74, 6) is -0.365. The van der Waals surface area contributed by atoms with E-state index in [0.29, 0.717) is 21.4 Å². The average molecular weight is 476 g/mol. The van der Waals surface area contributed by atoms with Crippen LogP contribution in [0.4, 0.5) is 5.69 Å². The molecule has 0 saturated carbocycles. The van der Waals surface area contributed by atoms with Gasteiger partial charge in [-0.3, -0.25) is 14.2 Å². The highest BCUT2D eigenvalue weighted by atomic mass is 35.5. The van der Waals surface area contributed by atoms with Crippen LogP contribution in [0.2, 0.25) is 5.02 Å². The maximum atomic E-state index is 13.5. The SMILES string of the molecule is Cc1ccc(NC(=O)CSc2ncc(-c3ccccc3)n2C(=O)c2ccccc2Cl)c(C)c1. The van der Waals surface area contributed by atoms with Crippen LogP contribution in [0, 0.1) is 13.8 Å². The number of carbonyl (C=O) groups is 2. The van der Waals surface area contributed by atoms with Crippen molar-refractivity contribution in [2.75, 3.05) is 11.1 Å². The van der Waals surface area contributed by atoms with Crippen molar-refractivity contribution in [3.8, 4) is 11.3 Å². The fourth-order valence-corrected chi connectivity index (χ4v) is 4.46. The highest BCUT2D eigenvalue weighted by molar-refractivity contribution is 7.99. The molecule has 1 heterocycles. The fraction of sp³-hybridized carbons (Fsp3) is 0.115. The number of imidazole rings is 1. The summed E-state index contributed by atoms with van der Waals surface area (Å²) < 4.78 is 1.52. The van der Waals surface area contributed by atoms with Crippen molar-refractivity contribution < 1.29 is 9.59 Å². The number of hydrogen-bond donors (Lipinski definition) is 1. The number of nitrogens with one attached hydrogen (secondary N) is 1. The van der Waals surface area contributed by atoms with Crippen LogP contribution >= 0.6 is 23.4 Å². The van der Waals surface area contributed by atoms with Crippen molar-refractivity contribution >= 4 is 40.9 Å². The van der Waals surface area contributed by atoms with Gasteiger partial charge in [0, 0.05) is 11.3 Å². The van der Waals surface area contributed by atoms with E-state index < -0.39 is 0 Å². The van der Waals surface area contributed by atoms with Gasteiger partial charge >= 0.3 is 0 Å². The molecule has 0 aliphatic carbocycles. The fourth-order valence-electron chi connectivity index (χ4n) is 3.47. The van der Waals surface area contributed by atoms with Gasteiger partial charge in [-0.25, -0.2) is 4.98 Å². The summed E-state index contributed by atoms with van der Waals surface area (Å²) in [6.45, 7) is 3.96. The number of halogens is 1. The normalized spacial score (nSPS) is 10.8. The largest absolute Gasteiger partial charge is 0.325 e. The Bertz CT molecular complexity index is 1320. The summed E-state index contributed by atoms with van der Waals surface area (Å²) in [4.78, 5) is 30.6. The molecule has 4 aromatic rings. The van der Waals surface area contributed by atoms with Gasteiger partial charge < -0.3 is 5.32 Å². The van der Waals surface area contributed by atoms with Gasteiger partial charge in [0.2, 0.25) is 5.91 Å². The highest BCUT2D eigenvalue weighted by Gasteiger charge is 2.22. The number of amides is 1. The standard InChI is InChI=1S/C26H22ClN3O2S/c1-17-12-13-22(18(2)14-17)29-24(31)16-33-26-28-15-23(19-8-4-3-5-9-19)30(26)25(32)20-10-6-7-11-21(20)27/h3-15H,16H2,1-2H3,(H,29,31). The number of carbonyl (C=O) groups excluding carboxylic acids is 2. The summed E-state index contributed by atoms with van der Waals surface area (Å²) in [5.41, 5.74) is 4.75. The number of hydrogen-bond acceptors (Lipinski definition) is 4. The molecule has 0 aliphatic heterocycles. The van der Waals surface area contributed by atoms with Crippen molar-refractivity contribution in [2.24, 2.45) is 0 Å². The third-order valence-electron chi connectivity index (χ3n) is 5.09. The molecule has 0 bridgehead atoms. The Hall–Kier alpha value is -3.35. The summed E-state index contributed by atoms with van der Waals surface area (Å²) >= 11 is 7.51. The molecular formula is C26H22ClN3O2S. The molecule has 7 heteroatoms. The molecule has 0 atom stereocenters. The minimum Gasteiger partial charge on any atom is -0.325 e. The van der Waals surface area contributed by atoms with Gasteiger partial charge in [0.25, 0.3) is 5.91 Å². The second-order valence-electron chi connectivity index (χ2n) is 7.57. The molecule has 4 rings (SSSR count). The van der Waals surface area contributed by atoms with Gasteiger partial charge in [-0.15, -0.1) is 0 Å². The van der Waals surface area contributed by atoms with E-state index in [-0.39, 0.29) is 17.6 Å². The molecule has 0 spiro atoms. The molecule has 33 heavy (non-hydrogen) atoms. The summed E-state index contributed by atoms with van der Waals surface area (Å²) in [6, 6.07) is 22.3. The van der Waals surface area contributed by atoms with Crippen LogP contribution in [0.5, 0.6) is 0 Å². The molecular weight excluding hydrogens is 454 g/mol. The van der Waals surface area contributed by atoms with Gasteiger partial charge in [-0.05, 0) is 37.6 Å². The number of benzene rings is 3. The minimum absolute atomic E-state index is 0.106. The zero-order chi connectivity index (χ0) is 23.4. The summed E-state index contributed by atoms with van der Waals surface area (Å²) in [6.07, 6.45) is 1.65. The molecule has 5 nitrogen and oxygen atoms in total. The lowest BCUT2D eigenvalue weighted by Crippen LogP contribution is -2.18. The molecule has 1 amide bonds. The first kappa shape index (κ1) is 22.8. The Labute approximate surface area is 201 Å². The van der Waals surface area contributed by atoms with E-state index in [1.54, 1.807) is 30.5 Å². The second-order valence-corrected chi connectivity index (χ2v) is 8.92. The Kier molecular flexibility index (Phi) is 6.96. The first-order valence-electron chi connectivity index (χ1n) is 10.4. The van der Waals surface area contributed by atoms with E-state index in [1.165, 1.54) is 16.3 Å². The number of nitrogens with zero attached hydrogens (tertiary/aromatic N) is 2. The predicted molar refractivity (Wildman–Crippen MR) is 134 cm³/mol. The van der Waals surface area contributed by atoms with Crippen LogP contribution in [-0.4, -0.2) is 27.1 Å². The first-order chi connectivity index (χ1) is 15.9. The maximum Gasteiger partial charge on any atom is 0.266 e. The topological polar surface area (TPSA) is 64.0 Å². The maximum absolute atomic E-state index is 13.5. The van der Waals surface area contributed by atoms with Crippen molar-refractivity contribution in [3.63, 3.8) is 0 Å². The van der Waals surface area contributed by atoms with Crippen molar-refractivity contribution in [3.05, 3.63) is 101 Å². The van der Waals surface area contributed by atoms with Crippen LogP contribution in [0.15, 0.2) is 84.1 Å². The van der Waals surface area contributed by atoms with Crippen LogP contribution in [-0.2, 0) is 4.79 Å². The third-order valence-corrected chi connectivity index (χ3v) is 6.38. The smallest absolute Gasteiger partial charge is 0.266 e. The van der Waals surface area contributed by atoms with E-state index in [1.807, 2.05) is 62.4 Å². The zero-order valence-electron chi connectivity index (χ0n) is 18.2. The molecule has 1 aromatic heterocycles. The zero-order valence-corrected chi connectivity index (χ0v) is 19.8.